The average molecular weight is 206 g/mol. The number of fused-ring (bicyclic) bond motifs is 1. The van der Waals surface area contributed by atoms with E-state index in [1.807, 2.05) is 6.07 Å². The summed E-state index contributed by atoms with van der Waals surface area (Å²) in [6, 6.07) is 3.96. The fraction of sp³-hybridized carbons (Fsp3) is 0.538. The second kappa shape index (κ2) is 3.44. The number of aromatic hydroxyl groups is 1. The lowest BCUT2D eigenvalue weighted by atomic mass is 9.81. The van der Waals surface area contributed by atoms with Crippen molar-refractivity contribution < 1.29 is 9.84 Å². The van der Waals surface area contributed by atoms with E-state index in [1.54, 1.807) is 0 Å². The van der Waals surface area contributed by atoms with Gasteiger partial charge in [0.25, 0.3) is 0 Å². The Bertz CT molecular complexity index is 380. The standard InChI is InChI=1S/C13H18O2/c1-4-13(2,3)9-7-11(14)10-5-6-15-12(10)8-9/h7-8,14H,4-6H2,1-3H3. The number of phenolic OH excluding ortho intramolecular Hbond substituents is 1. The predicted octanol–water partition coefficient (Wildman–Crippen LogP) is 3.01. The molecular formula is C13H18O2. The van der Waals surface area contributed by atoms with Crippen LogP contribution in [-0.2, 0) is 11.8 Å². The molecule has 2 rings (SSSR count). The zero-order chi connectivity index (χ0) is 11.1. The highest BCUT2D eigenvalue weighted by Gasteiger charge is 2.24. The van der Waals surface area contributed by atoms with Gasteiger partial charge in [-0.2, -0.15) is 0 Å². The molecule has 0 saturated heterocycles. The average Bonchev–Trinajstić information content (AvgIpc) is 2.66. The maximum Gasteiger partial charge on any atom is 0.126 e. The van der Waals surface area contributed by atoms with Gasteiger partial charge in [-0.05, 0) is 29.5 Å². The summed E-state index contributed by atoms with van der Waals surface area (Å²) in [5.41, 5.74) is 2.21. The van der Waals surface area contributed by atoms with Crippen LogP contribution in [0.5, 0.6) is 11.5 Å². The van der Waals surface area contributed by atoms with E-state index in [1.165, 1.54) is 0 Å². The lowest BCUT2D eigenvalue weighted by Crippen LogP contribution is -2.15. The third kappa shape index (κ3) is 1.69. The Morgan fingerprint density at radius 1 is 1.40 bits per heavy atom. The first-order valence-electron chi connectivity index (χ1n) is 5.54. The van der Waals surface area contributed by atoms with Crippen LogP contribution in [0.15, 0.2) is 12.1 Å². The normalized spacial score (nSPS) is 14.9. The van der Waals surface area contributed by atoms with Crippen LogP contribution in [0.1, 0.15) is 38.3 Å². The Morgan fingerprint density at radius 2 is 2.13 bits per heavy atom. The maximum absolute atomic E-state index is 9.89. The van der Waals surface area contributed by atoms with E-state index < -0.39 is 0 Å². The molecule has 0 bridgehead atoms. The molecule has 0 spiro atoms. The molecule has 1 heterocycles. The van der Waals surface area contributed by atoms with Crippen molar-refractivity contribution in [3.63, 3.8) is 0 Å². The largest absolute Gasteiger partial charge is 0.508 e. The highest BCUT2D eigenvalue weighted by molar-refractivity contribution is 5.50. The smallest absolute Gasteiger partial charge is 0.126 e. The molecule has 0 unspecified atom stereocenters. The summed E-state index contributed by atoms with van der Waals surface area (Å²) in [6.45, 7) is 7.22. The molecule has 1 aromatic rings. The monoisotopic (exact) mass is 206 g/mol. The molecule has 1 N–H and O–H groups in total. The Balaban J connectivity index is 2.48. The summed E-state index contributed by atoms with van der Waals surface area (Å²) in [7, 11) is 0. The molecule has 0 radical (unpaired) electrons. The number of benzene rings is 1. The molecular weight excluding hydrogens is 188 g/mol. The fourth-order valence-electron chi connectivity index (χ4n) is 1.87. The van der Waals surface area contributed by atoms with Crippen LogP contribution >= 0.6 is 0 Å². The van der Waals surface area contributed by atoms with Crippen LogP contribution in [-0.4, -0.2) is 11.7 Å². The van der Waals surface area contributed by atoms with Crippen molar-refractivity contribution in [3.05, 3.63) is 23.3 Å². The molecule has 0 aliphatic carbocycles. The summed E-state index contributed by atoms with van der Waals surface area (Å²) in [5.74, 6) is 1.26. The zero-order valence-corrected chi connectivity index (χ0v) is 9.63. The third-order valence-corrected chi connectivity index (χ3v) is 3.46. The lowest BCUT2D eigenvalue weighted by molar-refractivity contribution is 0.355. The van der Waals surface area contributed by atoms with Crippen molar-refractivity contribution >= 4 is 0 Å². The van der Waals surface area contributed by atoms with Crippen LogP contribution in [0.3, 0.4) is 0 Å². The minimum atomic E-state index is 0.0957. The molecule has 0 atom stereocenters. The molecule has 0 fully saturated rings. The second-order valence-corrected chi connectivity index (χ2v) is 4.81. The van der Waals surface area contributed by atoms with E-state index in [2.05, 4.69) is 26.8 Å². The van der Waals surface area contributed by atoms with Crippen LogP contribution < -0.4 is 4.74 Å². The molecule has 0 saturated carbocycles. The highest BCUT2D eigenvalue weighted by atomic mass is 16.5. The van der Waals surface area contributed by atoms with E-state index in [0.29, 0.717) is 12.4 Å². The van der Waals surface area contributed by atoms with Gasteiger partial charge in [0.2, 0.25) is 0 Å². The van der Waals surface area contributed by atoms with Gasteiger partial charge in [0, 0.05) is 12.0 Å². The first kappa shape index (κ1) is 10.3. The fourth-order valence-corrected chi connectivity index (χ4v) is 1.87. The Hall–Kier alpha value is -1.18. The summed E-state index contributed by atoms with van der Waals surface area (Å²) >= 11 is 0. The van der Waals surface area contributed by atoms with Crippen LogP contribution in [0.25, 0.3) is 0 Å². The van der Waals surface area contributed by atoms with Gasteiger partial charge in [-0.3, -0.25) is 0 Å². The number of ether oxygens (including phenoxy) is 1. The van der Waals surface area contributed by atoms with Crippen molar-refractivity contribution in [1.29, 1.82) is 0 Å². The minimum absolute atomic E-state index is 0.0957. The van der Waals surface area contributed by atoms with Gasteiger partial charge in [0.1, 0.15) is 11.5 Å². The highest BCUT2D eigenvalue weighted by Crippen LogP contribution is 2.38. The van der Waals surface area contributed by atoms with Crippen molar-refractivity contribution in [2.75, 3.05) is 6.61 Å². The van der Waals surface area contributed by atoms with E-state index in [9.17, 15) is 5.11 Å². The van der Waals surface area contributed by atoms with Gasteiger partial charge in [-0.25, -0.2) is 0 Å². The van der Waals surface area contributed by atoms with E-state index >= 15 is 0 Å². The van der Waals surface area contributed by atoms with Gasteiger partial charge in [0.15, 0.2) is 0 Å². The molecule has 1 aromatic carbocycles. The molecule has 15 heavy (non-hydrogen) atoms. The van der Waals surface area contributed by atoms with Gasteiger partial charge in [-0.1, -0.05) is 20.8 Å². The molecule has 0 aromatic heterocycles. The van der Waals surface area contributed by atoms with Gasteiger partial charge < -0.3 is 9.84 Å². The van der Waals surface area contributed by atoms with Crippen LogP contribution in [0.2, 0.25) is 0 Å². The molecule has 1 aliphatic rings. The Kier molecular flexibility index (Phi) is 2.37. The molecule has 0 amide bonds. The Morgan fingerprint density at radius 3 is 2.80 bits per heavy atom. The lowest BCUT2D eigenvalue weighted by Gasteiger charge is -2.24. The van der Waals surface area contributed by atoms with E-state index in [-0.39, 0.29) is 5.41 Å². The third-order valence-electron chi connectivity index (χ3n) is 3.46. The van der Waals surface area contributed by atoms with Crippen LogP contribution in [0.4, 0.5) is 0 Å². The molecule has 2 nitrogen and oxygen atoms in total. The second-order valence-electron chi connectivity index (χ2n) is 4.81. The van der Waals surface area contributed by atoms with E-state index in [0.717, 1.165) is 29.7 Å². The zero-order valence-electron chi connectivity index (χ0n) is 9.63. The summed E-state index contributed by atoms with van der Waals surface area (Å²) in [4.78, 5) is 0. The summed E-state index contributed by atoms with van der Waals surface area (Å²) in [6.07, 6.45) is 1.87. The number of hydrogen-bond acceptors (Lipinski definition) is 2. The molecule has 2 heteroatoms. The topological polar surface area (TPSA) is 29.5 Å². The maximum atomic E-state index is 9.89. The molecule has 1 aliphatic heterocycles. The number of hydrogen-bond donors (Lipinski definition) is 1. The van der Waals surface area contributed by atoms with Crippen molar-refractivity contribution in [3.8, 4) is 11.5 Å². The number of rotatable bonds is 2. The van der Waals surface area contributed by atoms with Crippen molar-refractivity contribution in [2.45, 2.75) is 39.0 Å². The molecule has 82 valence electrons. The quantitative estimate of drug-likeness (QED) is 0.806. The van der Waals surface area contributed by atoms with E-state index in [4.69, 9.17) is 4.74 Å². The summed E-state index contributed by atoms with van der Waals surface area (Å²) in [5, 5.41) is 9.89. The minimum Gasteiger partial charge on any atom is -0.508 e. The Labute approximate surface area is 90.9 Å². The van der Waals surface area contributed by atoms with Gasteiger partial charge in [-0.15, -0.1) is 0 Å². The number of phenols is 1. The van der Waals surface area contributed by atoms with Gasteiger partial charge in [0.05, 0.1) is 6.61 Å². The predicted molar refractivity (Wildman–Crippen MR) is 60.6 cm³/mol. The van der Waals surface area contributed by atoms with Crippen molar-refractivity contribution in [2.24, 2.45) is 0 Å². The van der Waals surface area contributed by atoms with Crippen LogP contribution in [0, 0.1) is 0 Å². The first-order valence-corrected chi connectivity index (χ1v) is 5.54. The van der Waals surface area contributed by atoms with Crippen molar-refractivity contribution in [1.82, 2.24) is 0 Å². The van der Waals surface area contributed by atoms with Gasteiger partial charge >= 0.3 is 0 Å². The SMILES string of the molecule is CCC(C)(C)c1cc(O)c2c(c1)OCC2. The first-order chi connectivity index (χ1) is 7.04. The summed E-state index contributed by atoms with van der Waals surface area (Å²) < 4.78 is 5.50.